The van der Waals surface area contributed by atoms with Crippen LogP contribution in [0.4, 0.5) is 0 Å². The fourth-order valence-electron chi connectivity index (χ4n) is 4.60. The molecule has 0 saturated heterocycles. The van der Waals surface area contributed by atoms with E-state index in [2.05, 4.69) is 63.4 Å². The van der Waals surface area contributed by atoms with E-state index >= 15 is 0 Å². The standard InChI is InChI=1S/C15H10ClN5.C10H10N2.C5HCl2N3/c16-15-19-7-9(6-17)13(20-15)12-8-21(10-3-4-10)14-11(12)2-1-5-18-14;1-2-8-5-7-12(9-3-4-9)10(8)11-6-1;6-4-3(1-8)2-9-5(7)10-4/h1-2,5,7-8,10H,3-4H2;1-2,5-7,9H,3-4H2;2H. The average Bonchev–Trinajstić information content (AvgIpc) is 3.97. The van der Waals surface area contributed by atoms with Gasteiger partial charge < -0.3 is 9.13 Å². The van der Waals surface area contributed by atoms with E-state index in [9.17, 15) is 5.26 Å². The third-order valence-corrected chi connectivity index (χ3v) is 7.57. The zero-order valence-electron chi connectivity index (χ0n) is 22.4. The van der Waals surface area contributed by atoms with Crippen LogP contribution in [0.15, 0.2) is 67.5 Å². The first kappa shape index (κ1) is 28.5. The molecule has 0 bridgehead atoms. The second-order valence-electron chi connectivity index (χ2n) is 9.89. The Morgan fingerprint density at radius 3 is 2.02 bits per heavy atom. The van der Waals surface area contributed by atoms with E-state index in [1.54, 1.807) is 12.3 Å². The van der Waals surface area contributed by atoms with Gasteiger partial charge in [-0.1, -0.05) is 11.6 Å². The molecule has 43 heavy (non-hydrogen) atoms. The van der Waals surface area contributed by atoms with Gasteiger partial charge >= 0.3 is 0 Å². The lowest BCUT2D eigenvalue weighted by molar-refractivity contribution is 0.766. The lowest BCUT2D eigenvalue weighted by Gasteiger charge is -2.01. The summed E-state index contributed by atoms with van der Waals surface area (Å²) in [6.07, 6.45) is 15.5. The second-order valence-corrected chi connectivity index (χ2v) is 10.9. The molecule has 2 fully saturated rings. The van der Waals surface area contributed by atoms with Crippen molar-refractivity contribution in [3.8, 4) is 23.4 Å². The third-order valence-electron chi connectivity index (χ3n) is 6.91. The number of nitriles is 2. The number of fused-ring (bicyclic) bond motifs is 2. The number of hydrogen-bond acceptors (Lipinski definition) is 8. The van der Waals surface area contributed by atoms with Crippen molar-refractivity contribution in [2.75, 3.05) is 0 Å². The summed E-state index contributed by atoms with van der Waals surface area (Å²) in [6, 6.07) is 15.3. The second kappa shape index (κ2) is 12.3. The van der Waals surface area contributed by atoms with Gasteiger partial charge in [0.1, 0.15) is 29.0 Å². The zero-order valence-corrected chi connectivity index (χ0v) is 24.7. The van der Waals surface area contributed by atoms with Crippen molar-refractivity contribution in [3.63, 3.8) is 0 Å². The average molecular weight is 628 g/mol. The Bertz CT molecular complexity index is 2030. The molecule has 10 nitrogen and oxygen atoms in total. The van der Waals surface area contributed by atoms with Gasteiger partial charge in [0.15, 0.2) is 5.15 Å². The van der Waals surface area contributed by atoms with Crippen molar-refractivity contribution < 1.29 is 0 Å². The van der Waals surface area contributed by atoms with Crippen molar-refractivity contribution in [1.82, 2.24) is 39.0 Å². The Morgan fingerprint density at radius 2 is 1.35 bits per heavy atom. The Kier molecular flexibility index (Phi) is 8.17. The number of rotatable bonds is 3. The summed E-state index contributed by atoms with van der Waals surface area (Å²) in [6.45, 7) is 0. The van der Waals surface area contributed by atoms with Crippen LogP contribution in [0, 0.1) is 22.7 Å². The minimum absolute atomic E-state index is 0.0454. The predicted octanol–water partition coefficient (Wildman–Crippen LogP) is 7.38. The van der Waals surface area contributed by atoms with Crippen LogP contribution >= 0.6 is 34.8 Å². The van der Waals surface area contributed by atoms with Crippen LogP contribution in [-0.4, -0.2) is 39.0 Å². The minimum atomic E-state index is 0.0454. The number of pyridine rings is 2. The summed E-state index contributed by atoms with van der Waals surface area (Å²) in [5.74, 6) is 0. The van der Waals surface area contributed by atoms with Gasteiger partial charge in [-0.25, -0.2) is 29.9 Å². The Balaban J connectivity index is 0.000000127. The summed E-state index contributed by atoms with van der Waals surface area (Å²) in [4.78, 5) is 24.1. The number of halogens is 3. The van der Waals surface area contributed by atoms with E-state index in [-0.39, 0.29) is 21.3 Å². The molecule has 2 aliphatic rings. The molecule has 0 atom stereocenters. The molecule has 0 unspecified atom stereocenters. The largest absolute Gasteiger partial charge is 0.329 e. The summed E-state index contributed by atoms with van der Waals surface area (Å²) in [7, 11) is 0. The molecule has 0 spiro atoms. The van der Waals surface area contributed by atoms with Crippen LogP contribution in [0.1, 0.15) is 48.9 Å². The molecule has 8 rings (SSSR count). The van der Waals surface area contributed by atoms with Gasteiger partial charge in [-0.2, -0.15) is 10.5 Å². The van der Waals surface area contributed by atoms with Gasteiger partial charge in [0.2, 0.25) is 10.6 Å². The van der Waals surface area contributed by atoms with Crippen LogP contribution < -0.4 is 0 Å². The minimum Gasteiger partial charge on any atom is -0.329 e. The maximum Gasteiger partial charge on any atom is 0.223 e. The van der Waals surface area contributed by atoms with Gasteiger partial charge in [-0.05, 0) is 79.2 Å². The normalized spacial score (nSPS) is 13.8. The molecule has 0 amide bonds. The summed E-state index contributed by atoms with van der Waals surface area (Å²) >= 11 is 16.7. The summed E-state index contributed by atoms with van der Waals surface area (Å²) < 4.78 is 4.46. The summed E-state index contributed by atoms with van der Waals surface area (Å²) in [5, 5.41) is 20.1. The highest BCUT2D eigenvalue weighted by molar-refractivity contribution is 6.32. The molecule has 6 aromatic heterocycles. The van der Waals surface area contributed by atoms with E-state index < -0.39 is 0 Å². The number of aromatic nitrogens is 8. The first-order valence-corrected chi connectivity index (χ1v) is 14.5. The predicted molar refractivity (Wildman–Crippen MR) is 164 cm³/mol. The zero-order chi connectivity index (χ0) is 29.9. The number of hydrogen-bond donors (Lipinski definition) is 0. The van der Waals surface area contributed by atoms with Crippen molar-refractivity contribution in [2.24, 2.45) is 0 Å². The molecule has 0 aromatic carbocycles. The third kappa shape index (κ3) is 6.27. The Labute approximate surface area is 261 Å². The van der Waals surface area contributed by atoms with Crippen LogP contribution in [0.3, 0.4) is 0 Å². The maximum atomic E-state index is 9.28. The van der Waals surface area contributed by atoms with Crippen LogP contribution in [0.5, 0.6) is 0 Å². The highest BCUT2D eigenvalue weighted by Crippen LogP contribution is 2.41. The maximum absolute atomic E-state index is 9.28. The van der Waals surface area contributed by atoms with Crippen LogP contribution in [0.25, 0.3) is 33.3 Å². The van der Waals surface area contributed by atoms with E-state index in [0.717, 1.165) is 41.1 Å². The van der Waals surface area contributed by atoms with Gasteiger partial charge in [0.25, 0.3) is 0 Å². The molecule has 13 heteroatoms. The molecular formula is C30H21Cl3N10. The molecule has 6 heterocycles. The van der Waals surface area contributed by atoms with E-state index in [4.69, 9.17) is 40.1 Å². The molecule has 2 saturated carbocycles. The monoisotopic (exact) mass is 626 g/mol. The Morgan fingerprint density at radius 1 is 0.721 bits per heavy atom. The molecular weight excluding hydrogens is 607 g/mol. The van der Waals surface area contributed by atoms with Crippen LogP contribution in [0.2, 0.25) is 15.7 Å². The molecule has 0 aliphatic heterocycles. The molecule has 6 aromatic rings. The SMILES string of the molecule is N#Cc1cnc(Cl)nc1-c1cn(C2CC2)c2ncccc12.N#Cc1cnc(Cl)nc1Cl.c1cnc2c(c1)ccn2C1CC1. The van der Waals surface area contributed by atoms with Gasteiger partial charge in [0, 0.05) is 53.2 Å². The van der Waals surface area contributed by atoms with Crippen LogP contribution in [-0.2, 0) is 0 Å². The van der Waals surface area contributed by atoms with Crippen molar-refractivity contribution in [1.29, 1.82) is 10.5 Å². The van der Waals surface area contributed by atoms with Gasteiger partial charge in [0.05, 0.1) is 23.7 Å². The van der Waals surface area contributed by atoms with Gasteiger partial charge in [-0.15, -0.1) is 0 Å². The van der Waals surface area contributed by atoms with E-state index in [1.807, 2.05) is 30.6 Å². The quantitative estimate of drug-likeness (QED) is 0.146. The molecule has 2 aliphatic carbocycles. The van der Waals surface area contributed by atoms with Crippen molar-refractivity contribution >= 4 is 56.9 Å². The highest BCUT2D eigenvalue weighted by Gasteiger charge is 2.27. The first-order chi connectivity index (χ1) is 21.0. The lowest BCUT2D eigenvalue weighted by atomic mass is 10.1. The fraction of sp³-hybridized carbons (Fsp3) is 0.200. The Hall–Kier alpha value is -4.61. The smallest absolute Gasteiger partial charge is 0.223 e. The van der Waals surface area contributed by atoms with E-state index in [0.29, 0.717) is 17.3 Å². The summed E-state index contributed by atoms with van der Waals surface area (Å²) in [5.41, 5.74) is 4.15. The first-order valence-electron chi connectivity index (χ1n) is 13.3. The highest BCUT2D eigenvalue weighted by atomic mass is 35.5. The van der Waals surface area contributed by atoms with E-state index in [1.165, 1.54) is 30.6 Å². The lowest BCUT2D eigenvalue weighted by Crippen LogP contribution is -1.93. The molecule has 0 radical (unpaired) electrons. The van der Waals surface area contributed by atoms with Crippen molar-refractivity contribution in [2.45, 2.75) is 37.8 Å². The van der Waals surface area contributed by atoms with Gasteiger partial charge in [-0.3, -0.25) is 0 Å². The molecule has 212 valence electrons. The molecule has 0 N–H and O–H groups in total. The van der Waals surface area contributed by atoms with Crippen molar-refractivity contribution in [3.05, 3.63) is 94.4 Å². The number of nitrogens with zero attached hydrogens (tertiary/aromatic N) is 10. The fourth-order valence-corrected chi connectivity index (χ4v) is 5.08. The topological polar surface area (TPSA) is 135 Å².